The van der Waals surface area contributed by atoms with Crippen molar-refractivity contribution in [1.82, 2.24) is 15.1 Å². The molecule has 0 aromatic heterocycles. The van der Waals surface area contributed by atoms with Crippen molar-refractivity contribution in [1.29, 1.82) is 0 Å². The molecule has 30 heavy (non-hydrogen) atoms. The van der Waals surface area contributed by atoms with E-state index in [1.807, 2.05) is 40.1 Å². The molecule has 2 N–H and O–H groups in total. The number of ether oxygens (including phenoxy) is 1. The van der Waals surface area contributed by atoms with Crippen LogP contribution in [0.25, 0.3) is 0 Å². The zero-order chi connectivity index (χ0) is 21.1. The molecule has 7 heteroatoms. The highest BCUT2D eigenvalue weighted by Gasteiger charge is 2.49. The van der Waals surface area contributed by atoms with Crippen molar-refractivity contribution in [2.45, 2.75) is 56.7 Å². The Morgan fingerprint density at radius 2 is 1.77 bits per heavy atom. The molecule has 4 rings (SSSR count). The van der Waals surface area contributed by atoms with Crippen LogP contribution in [0.15, 0.2) is 30.3 Å². The summed E-state index contributed by atoms with van der Waals surface area (Å²) in [5.74, 6) is 0.00178. The molecule has 2 heterocycles. The molecule has 164 valence electrons. The number of nitrogens with zero attached hydrogens (tertiary/aromatic N) is 2. The predicted octanol–water partition coefficient (Wildman–Crippen LogP) is 2.31. The van der Waals surface area contributed by atoms with Crippen molar-refractivity contribution in [2.75, 3.05) is 32.8 Å². The summed E-state index contributed by atoms with van der Waals surface area (Å²) in [6.07, 6.45) is 4.36. The molecular formula is C23H33N3O4. The van der Waals surface area contributed by atoms with Gasteiger partial charge in [0.2, 0.25) is 5.91 Å². The fourth-order valence-electron chi connectivity index (χ4n) is 5.03. The lowest BCUT2D eigenvalue weighted by Gasteiger charge is -2.50. The quantitative estimate of drug-likeness (QED) is 0.794. The lowest BCUT2D eigenvalue weighted by molar-refractivity contribution is -0.131. The molecule has 3 fully saturated rings. The number of morpholine rings is 1. The van der Waals surface area contributed by atoms with Crippen molar-refractivity contribution < 1.29 is 19.4 Å². The third-order valence-corrected chi connectivity index (χ3v) is 6.87. The zero-order valence-electron chi connectivity index (χ0n) is 17.8. The molecule has 1 saturated carbocycles. The number of piperidine rings is 1. The standard InChI is InChI=1S/C23H33N3O4/c1-23(29)11-12-26(22(28)25-13-15-30-16-14-25)19(17-7-3-2-4-8-17)20(23)24-21(27)18-9-5-6-10-18/h2-4,7-8,18-20,29H,5-6,9-16H2,1H3,(H,24,27)/t19-,20-,23+/m0/s1. The molecule has 1 aromatic carbocycles. The minimum Gasteiger partial charge on any atom is -0.388 e. The van der Waals surface area contributed by atoms with Crippen LogP contribution >= 0.6 is 0 Å². The topological polar surface area (TPSA) is 82.1 Å². The Morgan fingerprint density at radius 3 is 2.43 bits per heavy atom. The second-order valence-corrected chi connectivity index (χ2v) is 9.01. The van der Waals surface area contributed by atoms with E-state index in [0.717, 1.165) is 31.2 Å². The summed E-state index contributed by atoms with van der Waals surface area (Å²) < 4.78 is 5.40. The average molecular weight is 416 g/mol. The van der Waals surface area contributed by atoms with E-state index in [4.69, 9.17) is 4.74 Å². The largest absolute Gasteiger partial charge is 0.388 e. The van der Waals surface area contributed by atoms with E-state index in [0.29, 0.717) is 39.3 Å². The maximum Gasteiger partial charge on any atom is 0.320 e. The molecule has 3 aliphatic rings. The number of nitrogens with one attached hydrogen (secondary N) is 1. The molecule has 0 spiro atoms. The third-order valence-electron chi connectivity index (χ3n) is 6.87. The highest BCUT2D eigenvalue weighted by Crippen LogP contribution is 2.38. The van der Waals surface area contributed by atoms with E-state index in [2.05, 4.69) is 5.32 Å². The van der Waals surface area contributed by atoms with Crippen LogP contribution < -0.4 is 5.32 Å². The van der Waals surface area contributed by atoms with Gasteiger partial charge < -0.3 is 25.0 Å². The van der Waals surface area contributed by atoms with Gasteiger partial charge in [0.05, 0.1) is 30.9 Å². The molecule has 7 nitrogen and oxygen atoms in total. The Morgan fingerprint density at radius 1 is 1.10 bits per heavy atom. The molecule has 1 aliphatic carbocycles. The number of aliphatic hydroxyl groups is 1. The van der Waals surface area contributed by atoms with Gasteiger partial charge in [-0.25, -0.2) is 4.79 Å². The number of hydrogen-bond acceptors (Lipinski definition) is 4. The molecule has 3 atom stereocenters. The Kier molecular flexibility index (Phi) is 6.29. The molecule has 1 aromatic rings. The monoisotopic (exact) mass is 415 g/mol. The second kappa shape index (κ2) is 8.94. The molecular weight excluding hydrogens is 382 g/mol. The summed E-state index contributed by atoms with van der Waals surface area (Å²) in [6.45, 7) is 4.42. The van der Waals surface area contributed by atoms with Crippen molar-refractivity contribution >= 4 is 11.9 Å². The van der Waals surface area contributed by atoms with Crippen LogP contribution in [0.2, 0.25) is 0 Å². The summed E-state index contributed by atoms with van der Waals surface area (Å²) in [4.78, 5) is 30.1. The van der Waals surface area contributed by atoms with Crippen LogP contribution in [0.1, 0.15) is 50.6 Å². The Hall–Kier alpha value is -2.12. The van der Waals surface area contributed by atoms with E-state index >= 15 is 0 Å². The highest BCUT2D eigenvalue weighted by atomic mass is 16.5. The summed E-state index contributed by atoms with van der Waals surface area (Å²) in [5.41, 5.74) is -0.174. The predicted molar refractivity (Wildman–Crippen MR) is 113 cm³/mol. The van der Waals surface area contributed by atoms with Gasteiger partial charge in [0.25, 0.3) is 0 Å². The van der Waals surface area contributed by atoms with Gasteiger partial charge in [-0.15, -0.1) is 0 Å². The number of amides is 3. The summed E-state index contributed by atoms with van der Waals surface area (Å²) in [5, 5.41) is 14.4. The fourth-order valence-corrected chi connectivity index (χ4v) is 5.03. The Labute approximate surface area is 178 Å². The highest BCUT2D eigenvalue weighted by molar-refractivity contribution is 5.80. The van der Waals surface area contributed by atoms with E-state index in [9.17, 15) is 14.7 Å². The van der Waals surface area contributed by atoms with Crippen LogP contribution in [0.4, 0.5) is 4.79 Å². The lowest BCUT2D eigenvalue weighted by atomic mass is 9.79. The Bertz CT molecular complexity index is 742. The van der Waals surface area contributed by atoms with Crippen LogP contribution in [0.3, 0.4) is 0 Å². The van der Waals surface area contributed by atoms with Crippen LogP contribution in [0, 0.1) is 5.92 Å². The number of carbonyl (C=O) groups excluding carboxylic acids is 2. The first kappa shape index (κ1) is 21.1. The molecule has 2 aliphatic heterocycles. The molecule has 3 amide bonds. The van der Waals surface area contributed by atoms with E-state index < -0.39 is 17.7 Å². The van der Waals surface area contributed by atoms with Crippen molar-refractivity contribution in [3.63, 3.8) is 0 Å². The van der Waals surface area contributed by atoms with E-state index in [1.54, 1.807) is 6.92 Å². The van der Waals surface area contributed by atoms with Gasteiger partial charge >= 0.3 is 6.03 Å². The fraction of sp³-hybridized carbons (Fsp3) is 0.652. The number of urea groups is 1. The van der Waals surface area contributed by atoms with E-state index in [-0.39, 0.29) is 17.9 Å². The normalized spacial score (nSPS) is 30.3. The zero-order valence-corrected chi connectivity index (χ0v) is 17.8. The number of hydrogen-bond donors (Lipinski definition) is 2. The molecule has 2 saturated heterocycles. The summed E-state index contributed by atoms with van der Waals surface area (Å²) >= 11 is 0. The first-order valence-corrected chi connectivity index (χ1v) is 11.2. The number of rotatable bonds is 3. The van der Waals surface area contributed by atoms with Crippen LogP contribution in [-0.4, -0.2) is 71.3 Å². The molecule has 0 unspecified atom stereocenters. The van der Waals surface area contributed by atoms with Crippen LogP contribution in [-0.2, 0) is 9.53 Å². The first-order valence-electron chi connectivity index (χ1n) is 11.2. The first-order chi connectivity index (χ1) is 14.5. The average Bonchev–Trinajstić information content (AvgIpc) is 3.31. The van der Waals surface area contributed by atoms with Crippen LogP contribution in [0.5, 0.6) is 0 Å². The van der Waals surface area contributed by atoms with Gasteiger partial charge in [0.1, 0.15) is 0 Å². The van der Waals surface area contributed by atoms with Gasteiger partial charge in [0.15, 0.2) is 0 Å². The van der Waals surface area contributed by atoms with Gasteiger partial charge in [-0.3, -0.25) is 4.79 Å². The van der Waals surface area contributed by atoms with Gasteiger partial charge in [-0.05, 0) is 31.7 Å². The SMILES string of the molecule is C[C@@]1(O)CCN(C(=O)N2CCOCC2)[C@@H](c2ccccc2)[C@@H]1NC(=O)C1CCCC1. The summed E-state index contributed by atoms with van der Waals surface area (Å²) in [6, 6.07) is 8.72. The third kappa shape index (κ3) is 4.32. The minimum atomic E-state index is -1.10. The van der Waals surface area contributed by atoms with Crippen molar-refractivity contribution in [3.8, 4) is 0 Å². The van der Waals surface area contributed by atoms with Gasteiger partial charge in [-0.1, -0.05) is 43.2 Å². The van der Waals surface area contributed by atoms with E-state index in [1.165, 1.54) is 0 Å². The van der Waals surface area contributed by atoms with Crippen molar-refractivity contribution in [3.05, 3.63) is 35.9 Å². The molecule has 0 radical (unpaired) electrons. The maximum atomic E-state index is 13.4. The number of benzene rings is 1. The smallest absolute Gasteiger partial charge is 0.320 e. The summed E-state index contributed by atoms with van der Waals surface area (Å²) in [7, 11) is 0. The lowest BCUT2D eigenvalue weighted by Crippen LogP contribution is -2.65. The Balaban J connectivity index is 1.64. The molecule has 0 bridgehead atoms. The second-order valence-electron chi connectivity index (χ2n) is 9.01. The minimum absolute atomic E-state index is 0.000576. The van der Waals surface area contributed by atoms with Gasteiger partial charge in [-0.2, -0.15) is 0 Å². The number of carbonyl (C=O) groups is 2. The maximum absolute atomic E-state index is 13.4. The van der Waals surface area contributed by atoms with Gasteiger partial charge in [0, 0.05) is 25.6 Å². The van der Waals surface area contributed by atoms with Crippen molar-refractivity contribution in [2.24, 2.45) is 5.92 Å². The number of likely N-dealkylation sites (tertiary alicyclic amines) is 1.